The van der Waals surface area contributed by atoms with Crippen molar-refractivity contribution in [1.82, 2.24) is 10.6 Å². The Morgan fingerprint density at radius 1 is 1.29 bits per heavy atom. The molecule has 0 spiro atoms. The lowest BCUT2D eigenvalue weighted by Gasteiger charge is -2.09. The molecule has 4 nitrogen and oxygen atoms in total. The Labute approximate surface area is 105 Å². The van der Waals surface area contributed by atoms with Crippen LogP contribution in [0.15, 0.2) is 30.3 Å². The van der Waals surface area contributed by atoms with E-state index in [1.54, 1.807) is 6.92 Å². The van der Waals surface area contributed by atoms with Crippen molar-refractivity contribution in [3.8, 4) is 0 Å². The molecular weight excluding hydrogens is 236 g/mol. The third-order valence-electron chi connectivity index (χ3n) is 2.26. The van der Waals surface area contributed by atoms with Crippen LogP contribution in [-0.4, -0.2) is 23.4 Å². The molecule has 17 heavy (non-hydrogen) atoms. The number of imide groups is 1. The molecule has 0 radical (unpaired) electrons. The van der Waals surface area contributed by atoms with Crippen molar-refractivity contribution < 1.29 is 9.59 Å². The zero-order chi connectivity index (χ0) is 12.7. The lowest BCUT2D eigenvalue weighted by molar-refractivity contribution is -0.119. The van der Waals surface area contributed by atoms with Crippen molar-refractivity contribution in [2.45, 2.75) is 18.7 Å². The summed E-state index contributed by atoms with van der Waals surface area (Å²) in [5.74, 6) is -0.275. The Hall–Kier alpha value is -1.49. The second-order valence-electron chi connectivity index (χ2n) is 3.54. The number of hydrogen-bond acceptors (Lipinski definition) is 3. The van der Waals surface area contributed by atoms with Gasteiger partial charge in [0.15, 0.2) is 0 Å². The molecule has 0 aliphatic rings. The molecule has 0 saturated heterocycles. The first-order valence-electron chi connectivity index (χ1n) is 5.29. The predicted octanol–water partition coefficient (Wildman–Crippen LogP) is 1.76. The molecule has 92 valence electrons. The first-order valence-corrected chi connectivity index (χ1v) is 6.57. The van der Waals surface area contributed by atoms with Crippen LogP contribution in [0, 0.1) is 0 Å². The van der Waals surface area contributed by atoms with E-state index >= 15 is 0 Å². The van der Waals surface area contributed by atoms with Gasteiger partial charge in [-0.3, -0.25) is 10.1 Å². The number of hydrogen-bond donors (Lipinski definition) is 2. The highest BCUT2D eigenvalue weighted by atomic mass is 32.2. The van der Waals surface area contributed by atoms with Crippen LogP contribution in [0.4, 0.5) is 4.79 Å². The molecule has 0 heterocycles. The van der Waals surface area contributed by atoms with E-state index in [9.17, 15) is 9.59 Å². The zero-order valence-electron chi connectivity index (χ0n) is 9.90. The van der Waals surface area contributed by atoms with Gasteiger partial charge in [0, 0.05) is 6.54 Å². The smallest absolute Gasteiger partial charge is 0.321 e. The molecule has 3 amide bonds. The number of amides is 3. The average molecular weight is 252 g/mol. The van der Waals surface area contributed by atoms with Crippen molar-refractivity contribution in [3.05, 3.63) is 35.9 Å². The predicted molar refractivity (Wildman–Crippen MR) is 69.8 cm³/mol. The number of rotatable bonds is 4. The van der Waals surface area contributed by atoms with E-state index in [1.807, 2.05) is 36.6 Å². The minimum Gasteiger partial charge on any atom is -0.334 e. The Morgan fingerprint density at radius 2 is 1.94 bits per heavy atom. The molecule has 1 atom stereocenters. The molecule has 5 heteroatoms. The van der Waals surface area contributed by atoms with Crippen LogP contribution in [0.1, 0.15) is 12.5 Å². The Bertz CT molecular complexity index is 381. The number of thioether (sulfide) groups is 1. The molecule has 0 fully saturated rings. The van der Waals surface area contributed by atoms with Crippen molar-refractivity contribution in [2.75, 3.05) is 6.26 Å². The number of carbonyl (C=O) groups excluding carboxylic acids is 2. The van der Waals surface area contributed by atoms with Crippen LogP contribution < -0.4 is 10.6 Å². The third kappa shape index (κ3) is 4.91. The Balaban J connectivity index is 2.33. The lowest BCUT2D eigenvalue weighted by atomic mass is 10.2. The molecule has 0 aromatic heterocycles. The van der Waals surface area contributed by atoms with Gasteiger partial charge in [0.05, 0.1) is 5.25 Å². The summed E-state index contributed by atoms with van der Waals surface area (Å²) in [4.78, 5) is 22.8. The van der Waals surface area contributed by atoms with E-state index in [4.69, 9.17) is 0 Å². The second-order valence-corrected chi connectivity index (χ2v) is 4.71. The average Bonchev–Trinajstić information content (AvgIpc) is 2.36. The fraction of sp³-hybridized carbons (Fsp3) is 0.333. The van der Waals surface area contributed by atoms with Gasteiger partial charge in [-0.25, -0.2) is 4.79 Å². The van der Waals surface area contributed by atoms with E-state index in [2.05, 4.69) is 10.6 Å². The number of nitrogens with one attached hydrogen (secondary N) is 2. The maximum Gasteiger partial charge on any atom is 0.321 e. The molecular formula is C12H16N2O2S. The molecule has 0 aliphatic heterocycles. The van der Waals surface area contributed by atoms with E-state index in [-0.39, 0.29) is 11.2 Å². The summed E-state index contributed by atoms with van der Waals surface area (Å²) in [6.07, 6.45) is 1.83. The van der Waals surface area contributed by atoms with Gasteiger partial charge in [0.2, 0.25) is 5.91 Å². The van der Waals surface area contributed by atoms with Gasteiger partial charge in [-0.2, -0.15) is 11.8 Å². The summed E-state index contributed by atoms with van der Waals surface area (Å²) in [6.45, 7) is 2.16. The topological polar surface area (TPSA) is 58.2 Å². The fourth-order valence-corrected chi connectivity index (χ4v) is 1.42. The second kappa shape index (κ2) is 6.96. The monoisotopic (exact) mass is 252 g/mol. The summed E-state index contributed by atoms with van der Waals surface area (Å²) in [5, 5.41) is 4.70. The van der Waals surface area contributed by atoms with Gasteiger partial charge >= 0.3 is 6.03 Å². The van der Waals surface area contributed by atoms with Gasteiger partial charge in [0.1, 0.15) is 0 Å². The highest BCUT2D eigenvalue weighted by molar-refractivity contribution is 7.99. The lowest BCUT2D eigenvalue weighted by Crippen LogP contribution is -2.42. The van der Waals surface area contributed by atoms with Crippen LogP contribution in [0.25, 0.3) is 0 Å². The van der Waals surface area contributed by atoms with Crippen LogP contribution in [0.5, 0.6) is 0 Å². The minimum atomic E-state index is -0.459. The summed E-state index contributed by atoms with van der Waals surface area (Å²) in [6, 6.07) is 9.07. The standard InChI is InChI=1S/C12H16N2O2S/c1-9(17-2)11(15)14-12(16)13-8-10-6-4-3-5-7-10/h3-7,9H,8H2,1-2H3,(H2,13,14,15,16)/t9-/m1/s1. The molecule has 1 rings (SSSR count). The fourth-order valence-electron chi connectivity index (χ4n) is 1.14. The molecule has 1 aromatic rings. The van der Waals surface area contributed by atoms with Gasteiger partial charge in [-0.15, -0.1) is 0 Å². The summed E-state index contributed by atoms with van der Waals surface area (Å²) in [5.41, 5.74) is 0.994. The highest BCUT2D eigenvalue weighted by Gasteiger charge is 2.13. The van der Waals surface area contributed by atoms with Gasteiger partial charge in [0.25, 0.3) is 0 Å². The van der Waals surface area contributed by atoms with Crippen molar-refractivity contribution in [3.63, 3.8) is 0 Å². The maximum absolute atomic E-state index is 11.4. The zero-order valence-corrected chi connectivity index (χ0v) is 10.7. The van der Waals surface area contributed by atoms with Crippen LogP contribution in [0.3, 0.4) is 0 Å². The summed E-state index contributed by atoms with van der Waals surface area (Å²) in [7, 11) is 0. The molecule has 0 aliphatic carbocycles. The summed E-state index contributed by atoms with van der Waals surface area (Å²) >= 11 is 1.40. The number of carbonyl (C=O) groups is 2. The Morgan fingerprint density at radius 3 is 2.53 bits per heavy atom. The largest absolute Gasteiger partial charge is 0.334 e. The van der Waals surface area contributed by atoms with Crippen molar-refractivity contribution >= 4 is 23.7 Å². The molecule has 0 unspecified atom stereocenters. The first-order chi connectivity index (χ1) is 8.13. The van der Waals surface area contributed by atoms with E-state index < -0.39 is 6.03 Å². The molecule has 1 aromatic carbocycles. The molecule has 0 saturated carbocycles. The van der Waals surface area contributed by atoms with Gasteiger partial charge in [-0.05, 0) is 18.7 Å². The minimum absolute atomic E-state index is 0.225. The van der Waals surface area contributed by atoms with E-state index in [0.29, 0.717) is 6.54 Å². The van der Waals surface area contributed by atoms with E-state index in [0.717, 1.165) is 5.56 Å². The highest BCUT2D eigenvalue weighted by Crippen LogP contribution is 2.04. The van der Waals surface area contributed by atoms with Crippen LogP contribution in [0.2, 0.25) is 0 Å². The van der Waals surface area contributed by atoms with Crippen molar-refractivity contribution in [1.29, 1.82) is 0 Å². The third-order valence-corrected chi connectivity index (χ3v) is 3.18. The Kier molecular flexibility index (Phi) is 5.56. The molecule has 0 bridgehead atoms. The van der Waals surface area contributed by atoms with Gasteiger partial charge in [-0.1, -0.05) is 30.3 Å². The SMILES string of the molecule is CS[C@H](C)C(=O)NC(=O)NCc1ccccc1. The maximum atomic E-state index is 11.4. The van der Waals surface area contributed by atoms with Crippen molar-refractivity contribution in [2.24, 2.45) is 0 Å². The first kappa shape index (κ1) is 13.6. The quantitative estimate of drug-likeness (QED) is 0.858. The summed E-state index contributed by atoms with van der Waals surface area (Å²) < 4.78 is 0. The van der Waals surface area contributed by atoms with Crippen LogP contribution in [-0.2, 0) is 11.3 Å². The van der Waals surface area contributed by atoms with E-state index in [1.165, 1.54) is 11.8 Å². The number of urea groups is 1. The number of benzene rings is 1. The normalized spacial score (nSPS) is 11.6. The molecule has 2 N–H and O–H groups in total. The van der Waals surface area contributed by atoms with Crippen LogP contribution >= 0.6 is 11.8 Å². The van der Waals surface area contributed by atoms with Gasteiger partial charge < -0.3 is 5.32 Å².